The van der Waals surface area contributed by atoms with Crippen molar-refractivity contribution in [2.75, 3.05) is 0 Å². The zero-order chi connectivity index (χ0) is 39.9. The number of aromatic nitrogens is 3. The van der Waals surface area contributed by atoms with Gasteiger partial charge in [-0.05, 0) is 75.3 Å². The van der Waals surface area contributed by atoms with Gasteiger partial charge in [0.2, 0.25) is 0 Å². The lowest BCUT2D eigenvalue weighted by Crippen LogP contribution is -2.34. The van der Waals surface area contributed by atoms with Crippen molar-refractivity contribution in [1.82, 2.24) is 15.0 Å². The third-order valence-corrected chi connectivity index (χ3v) is 12.8. The molecule has 0 spiro atoms. The molecular weight excluding hydrogens is 747 g/mol. The van der Waals surface area contributed by atoms with Crippen molar-refractivity contribution in [2.24, 2.45) is 0 Å². The van der Waals surface area contributed by atoms with Gasteiger partial charge < -0.3 is 0 Å². The third kappa shape index (κ3) is 6.21. The molecule has 10 aromatic rings. The fourth-order valence-corrected chi connectivity index (χ4v) is 10.1. The minimum Gasteiger partial charge on any atom is -0.256 e. The third-order valence-electron chi connectivity index (χ3n) is 11.7. The molecule has 3 nitrogen and oxygen atoms in total. The van der Waals surface area contributed by atoms with E-state index < -0.39 is 5.41 Å². The van der Waals surface area contributed by atoms with Crippen LogP contribution in [0.2, 0.25) is 0 Å². The average Bonchev–Trinajstić information content (AvgIpc) is 3.33. The Morgan fingerprint density at radius 1 is 0.367 bits per heavy atom. The van der Waals surface area contributed by atoms with E-state index in [1.165, 1.54) is 43.2 Å². The lowest BCUT2D eigenvalue weighted by atomic mass is 9.64. The van der Waals surface area contributed by atoms with Crippen LogP contribution < -0.4 is 0 Å². The highest BCUT2D eigenvalue weighted by Gasteiger charge is 2.44. The molecule has 3 heterocycles. The van der Waals surface area contributed by atoms with Gasteiger partial charge in [0, 0.05) is 43.6 Å². The average molecular weight is 784 g/mol. The normalized spacial score (nSPS) is 12.7. The Labute approximate surface area is 354 Å². The molecule has 2 aromatic heterocycles. The van der Waals surface area contributed by atoms with Gasteiger partial charge in [-0.25, -0.2) is 9.97 Å². The van der Waals surface area contributed by atoms with Crippen LogP contribution in [0.4, 0.5) is 0 Å². The number of para-hydroxylation sites is 1. The second-order valence-electron chi connectivity index (χ2n) is 15.2. The van der Waals surface area contributed by atoms with Crippen LogP contribution in [0.3, 0.4) is 0 Å². The summed E-state index contributed by atoms with van der Waals surface area (Å²) in [6, 6.07) is 78.1. The summed E-state index contributed by atoms with van der Waals surface area (Å²) in [6.07, 6.45) is 1.88. The first-order chi connectivity index (χ1) is 29.7. The van der Waals surface area contributed by atoms with Gasteiger partial charge in [0.15, 0.2) is 5.82 Å². The fraction of sp³-hybridized carbons (Fsp3) is 0.0179. The van der Waals surface area contributed by atoms with Crippen molar-refractivity contribution < 1.29 is 0 Å². The van der Waals surface area contributed by atoms with Crippen LogP contribution in [0, 0.1) is 0 Å². The number of benzene rings is 8. The summed E-state index contributed by atoms with van der Waals surface area (Å²) in [5, 5.41) is 1.12. The minimum absolute atomic E-state index is 0.645. The van der Waals surface area contributed by atoms with E-state index in [-0.39, 0.29) is 0 Å². The van der Waals surface area contributed by atoms with E-state index in [1.54, 1.807) is 0 Å². The molecule has 0 bridgehead atoms. The van der Waals surface area contributed by atoms with Crippen LogP contribution in [0.5, 0.6) is 0 Å². The molecule has 0 N–H and O–H groups in total. The monoisotopic (exact) mass is 783 g/mol. The Hall–Kier alpha value is -7.40. The summed E-state index contributed by atoms with van der Waals surface area (Å²) < 4.78 is 0. The van der Waals surface area contributed by atoms with E-state index in [2.05, 4.69) is 188 Å². The minimum atomic E-state index is -0.645. The maximum atomic E-state index is 5.30. The van der Waals surface area contributed by atoms with Crippen LogP contribution in [-0.4, -0.2) is 15.0 Å². The molecular formula is C56H37N3S. The van der Waals surface area contributed by atoms with Crippen LogP contribution >= 0.6 is 11.8 Å². The van der Waals surface area contributed by atoms with Crippen molar-refractivity contribution in [3.8, 4) is 56.2 Å². The van der Waals surface area contributed by atoms with Gasteiger partial charge in [0.25, 0.3) is 0 Å². The molecule has 1 aliphatic rings. The van der Waals surface area contributed by atoms with Crippen LogP contribution in [0.25, 0.3) is 67.1 Å². The Morgan fingerprint density at radius 2 is 0.883 bits per heavy atom. The van der Waals surface area contributed by atoms with Gasteiger partial charge in [0.1, 0.15) is 0 Å². The highest BCUT2D eigenvalue weighted by Crippen LogP contribution is 2.56. The quantitative estimate of drug-likeness (QED) is 0.161. The van der Waals surface area contributed by atoms with E-state index in [0.717, 1.165) is 50.1 Å². The van der Waals surface area contributed by atoms with Gasteiger partial charge in [-0.2, -0.15) is 0 Å². The molecule has 0 saturated heterocycles. The largest absolute Gasteiger partial charge is 0.256 e. The second kappa shape index (κ2) is 15.1. The fourth-order valence-electron chi connectivity index (χ4n) is 8.88. The van der Waals surface area contributed by atoms with E-state index in [1.807, 2.05) is 48.3 Å². The summed E-state index contributed by atoms with van der Waals surface area (Å²) in [5.41, 5.74) is 14.6. The van der Waals surface area contributed by atoms with Crippen molar-refractivity contribution >= 4 is 22.7 Å². The number of pyridine rings is 1. The zero-order valence-electron chi connectivity index (χ0n) is 32.6. The highest BCUT2D eigenvalue weighted by molar-refractivity contribution is 7.99. The van der Waals surface area contributed by atoms with Crippen molar-refractivity contribution in [3.05, 3.63) is 247 Å². The van der Waals surface area contributed by atoms with E-state index in [9.17, 15) is 0 Å². The zero-order valence-corrected chi connectivity index (χ0v) is 33.4. The van der Waals surface area contributed by atoms with Crippen LogP contribution in [-0.2, 0) is 5.41 Å². The summed E-state index contributed by atoms with van der Waals surface area (Å²) in [7, 11) is 0. The molecule has 0 atom stereocenters. The molecule has 1 aliphatic heterocycles. The lowest BCUT2D eigenvalue weighted by Gasteiger charge is -2.42. The lowest BCUT2D eigenvalue weighted by molar-refractivity contribution is 0.703. The number of fused-ring (bicyclic) bond motifs is 3. The predicted molar refractivity (Wildman–Crippen MR) is 247 cm³/mol. The number of nitrogens with zero attached hydrogens (tertiary/aromatic N) is 3. The van der Waals surface area contributed by atoms with E-state index in [4.69, 9.17) is 15.0 Å². The number of rotatable bonds is 7. The molecule has 4 heteroatoms. The molecule has 0 radical (unpaired) electrons. The summed E-state index contributed by atoms with van der Waals surface area (Å²) in [5.74, 6) is 0.691. The van der Waals surface area contributed by atoms with E-state index in [0.29, 0.717) is 5.82 Å². The summed E-state index contributed by atoms with van der Waals surface area (Å²) in [4.78, 5) is 17.8. The van der Waals surface area contributed by atoms with Crippen molar-refractivity contribution in [1.29, 1.82) is 0 Å². The molecule has 0 amide bonds. The molecule has 0 aliphatic carbocycles. The SMILES string of the molecule is c1ccc(-c2ccc(-c3cc(-c4cccc(C5(c6cccc(-c7cccc8cccnc78)c6)c6ccccc6Sc6ccccc65)c4)nc(-c4ccccc4)n3)cc2)cc1. The van der Waals surface area contributed by atoms with Gasteiger partial charge in [0.05, 0.1) is 22.3 Å². The first-order valence-corrected chi connectivity index (χ1v) is 21.1. The van der Waals surface area contributed by atoms with Gasteiger partial charge >= 0.3 is 0 Å². The Balaban J connectivity index is 1.12. The Bertz CT molecular complexity index is 3130. The molecule has 11 rings (SSSR count). The molecule has 8 aromatic carbocycles. The molecule has 60 heavy (non-hydrogen) atoms. The van der Waals surface area contributed by atoms with Gasteiger partial charge in [-0.1, -0.05) is 194 Å². The Kier molecular flexibility index (Phi) is 8.98. The Morgan fingerprint density at radius 3 is 1.58 bits per heavy atom. The van der Waals surface area contributed by atoms with Gasteiger partial charge in [-0.15, -0.1) is 0 Å². The van der Waals surface area contributed by atoms with Crippen LogP contribution in [0.15, 0.2) is 234 Å². The topological polar surface area (TPSA) is 38.7 Å². The second-order valence-corrected chi connectivity index (χ2v) is 16.2. The standard InChI is InChI=1S/C56H37N3S/c1-3-15-38(16-4-1)39-30-32-40(33-31-39)50-37-51(59-55(58-50)42-17-5-2-6-18-42)44-21-12-24-46(36-44)56(48-26-7-9-28-52(48)60-53-29-10-8-27-49(53)56)45-23-11-20-43(35-45)47-25-13-19-41-22-14-34-57-54(41)47/h1-37H. The first-order valence-electron chi connectivity index (χ1n) is 20.3. The van der Waals surface area contributed by atoms with Crippen molar-refractivity contribution in [3.63, 3.8) is 0 Å². The maximum absolute atomic E-state index is 5.30. The van der Waals surface area contributed by atoms with Crippen molar-refractivity contribution in [2.45, 2.75) is 15.2 Å². The van der Waals surface area contributed by atoms with Gasteiger partial charge in [-0.3, -0.25) is 4.98 Å². The maximum Gasteiger partial charge on any atom is 0.160 e. The number of hydrogen-bond acceptors (Lipinski definition) is 4. The van der Waals surface area contributed by atoms with E-state index >= 15 is 0 Å². The molecule has 0 fully saturated rings. The number of hydrogen-bond donors (Lipinski definition) is 0. The smallest absolute Gasteiger partial charge is 0.160 e. The molecule has 282 valence electrons. The summed E-state index contributed by atoms with van der Waals surface area (Å²) >= 11 is 1.85. The highest BCUT2D eigenvalue weighted by atomic mass is 32.2. The molecule has 0 unspecified atom stereocenters. The predicted octanol–water partition coefficient (Wildman–Crippen LogP) is 14.2. The summed E-state index contributed by atoms with van der Waals surface area (Å²) in [6.45, 7) is 0. The van der Waals surface area contributed by atoms with Crippen LogP contribution in [0.1, 0.15) is 22.3 Å². The first kappa shape index (κ1) is 35.7. The molecule has 0 saturated carbocycles.